The van der Waals surface area contributed by atoms with Gasteiger partial charge in [0.1, 0.15) is 0 Å². The SMILES string of the molecule is O=S(=O)(NC1CCNCC1)N1CCCCC1. The molecule has 2 aliphatic rings. The van der Waals surface area contributed by atoms with Gasteiger partial charge in [0.2, 0.25) is 0 Å². The van der Waals surface area contributed by atoms with Crippen molar-refractivity contribution in [3.63, 3.8) is 0 Å². The highest BCUT2D eigenvalue weighted by Gasteiger charge is 2.27. The molecule has 6 heteroatoms. The Morgan fingerprint density at radius 1 is 1.06 bits per heavy atom. The van der Waals surface area contributed by atoms with Gasteiger partial charge in [-0.1, -0.05) is 6.42 Å². The molecule has 2 N–H and O–H groups in total. The monoisotopic (exact) mass is 247 g/mol. The molecule has 0 aliphatic carbocycles. The molecule has 0 aromatic rings. The quantitative estimate of drug-likeness (QED) is 0.741. The van der Waals surface area contributed by atoms with E-state index in [0.717, 1.165) is 45.2 Å². The second kappa shape index (κ2) is 5.44. The van der Waals surface area contributed by atoms with Gasteiger partial charge in [-0.2, -0.15) is 17.4 Å². The molecule has 5 nitrogen and oxygen atoms in total. The number of piperidine rings is 2. The Morgan fingerprint density at radius 3 is 2.31 bits per heavy atom. The van der Waals surface area contributed by atoms with E-state index in [0.29, 0.717) is 13.1 Å². The van der Waals surface area contributed by atoms with Crippen LogP contribution in [-0.2, 0) is 10.2 Å². The molecule has 0 saturated carbocycles. The van der Waals surface area contributed by atoms with Crippen molar-refractivity contribution in [2.24, 2.45) is 0 Å². The van der Waals surface area contributed by atoms with Crippen LogP contribution in [0.1, 0.15) is 32.1 Å². The third-order valence-electron chi connectivity index (χ3n) is 3.31. The predicted octanol–water partition coefficient (Wildman–Crippen LogP) is 0.0587. The molecule has 2 heterocycles. The molecule has 2 rings (SSSR count). The zero-order valence-electron chi connectivity index (χ0n) is 9.61. The van der Waals surface area contributed by atoms with E-state index >= 15 is 0 Å². The first-order valence-corrected chi connectivity index (χ1v) is 7.60. The molecule has 0 aromatic heterocycles. The van der Waals surface area contributed by atoms with Crippen molar-refractivity contribution >= 4 is 10.2 Å². The number of rotatable bonds is 3. The van der Waals surface area contributed by atoms with Crippen molar-refractivity contribution in [2.45, 2.75) is 38.1 Å². The lowest BCUT2D eigenvalue weighted by molar-refractivity contribution is 0.332. The van der Waals surface area contributed by atoms with Gasteiger partial charge in [0.05, 0.1) is 0 Å². The number of nitrogens with zero attached hydrogens (tertiary/aromatic N) is 1. The van der Waals surface area contributed by atoms with E-state index in [9.17, 15) is 8.42 Å². The van der Waals surface area contributed by atoms with Gasteiger partial charge in [-0.25, -0.2) is 0 Å². The standard InChI is InChI=1S/C10H21N3O2S/c14-16(15,13-8-2-1-3-9-13)12-10-4-6-11-7-5-10/h10-12H,1-9H2. The van der Waals surface area contributed by atoms with Crippen molar-refractivity contribution in [1.29, 1.82) is 0 Å². The Morgan fingerprint density at radius 2 is 1.69 bits per heavy atom. The molecule has 16 heavy (non-hydrogen) atoms. The highest BCUT2D eigenvalue weighted by molar-refractivity contribution is 7.87. The fourth-order valence-corrected chi connectivity index (χ4v) is 3.88. The number of nitrogens with one attached hydrogen (secondary N) is 2. The van der Waals surface area contributed by atoms with Crippen LogP contribution in [0, 0.1) is 0 Å². The third kappa shape index (κ3) is 3.16. The smallest absolute Gasteiger partial charge is 0.279 e. The van der Waals surface area contributed by atoms with E-state index in [1.165, 1.54) is 0 Å². The summed E-state index contributed by atoms with van der Waals surface area (Å²) in [7, 11) is -3.23. The summed E-state index contributed by atoms with van der Waals surface area (Å²) in [6, 6.07) is 0.119. The Labute approximate surface area is 97.8 Å². The van der Waals surface area contributed by atoms with Gasteiger partial charge in [-0.15, -0.1) is 0 Å². The normalized spacial score (nSPS) is 25.8. The van der Waals surface area contributed by atoms with E-state index in [4.69, 9.17) is 0 Å². The summed E-state index contributed by atoms with van der Waals surface area (Å²) in [5, 5.41) is 3.23. The van der Waals surface area contributed by atoms with Gasteiger partial charge in [0.15, 0.2) is 0 Å². The van der Waals surface area contributed by atoms with E-state index < -0.39 is 10.2 Å². The molecule has 2 aliphatic heterocycles. The summed E-state index contributed by atoms with van der Waals surface area (Å²) in [5.41, 5.74) is 0. The Bertz CT molecular complexity index is 306. The van der Waals surface area contributed by atoms with Crippen LogP contribution in [0.15, 0.2) is 0 Å². The fourth-order valence-electron chi connectivity index (χ4n) is 2.33. The molecule has 2 saturated heterocycles. The summed E-state index contributed by atoms with van der Waals surface area (Å²) >= 11 is 0. The van der Waals surface area contributed by atoms with Crippen molar-refractivity contribution in [3.05, 3.63) is 0 Å². The minimum absolute atomic E-state index is 0.119. The Hall–Kier alpha value is -0.170. The summed E-state index contributed by atoms with van der Waals surface area (Å²) < 4.78 is 28.5. The van der Waals surface area contributed by atoms with Crippen LogP contribution in [-0.4, -0.2) is 44.9 Å². The van der Waals surface area contributed by atoms with E-state index in [2.05, 4.69) is 10.0 Å². The van der Waals surface area contributed by atoms with E-state index in [1.807, 2.05) is 0 Å². The minimum atomic E-state index is -3.23. The topological polar surface area (TPSA) is 61.4 Å². The van der Waals surface area contributed by atoms with Crippen molar-refractivity contribution in [1.82, 2.24) is 14.3 Å². The summed E-state index contributed by atoms with van der Waals surface area (Å²) in [6.45, 7) is 3.18. The molecular weight excluding hydrogens is 226 g/mol. The predicted molar refractivity (Wildman–Crippen MR) is 63.4 cm³/mol. The van der Waals surface area contributed by atoms with Crippen LogP contribution in [0.4, 0.5) is 0 Å². The second-order valence-electron chi connectivity index (χ2n) is 4.61. The maximum atomic E-state index is 12.0. The maximum absolute atomic E-state index is 12.0. The van der Waals surface area contributed by atoms with Crippen molar-refractivity contribution in [3.8, 4) is 0 Å². The molecule has 0 unspecified atom stereocenters. The first kappa shape index (κ1) is 12.3. The zero-order chi connectivity index (χ0) is 11.4. The van der Waals surface area contributed by atoms with Gasteiger partial charge < -0.3 is 5.32 Å². The van der Waals surface area contributed by atoms with Gasteiger partial charge >= 0.3 is 0 Å². The summed E-state index contributed by atoms with van der Waals surface area (Å²) in [4.78, 5) is 0. The molecule has 0 bridgehead atoms. The average molecular weight is 247 g/mol. The van der Waals surface area contributed by atoms with Crippen LogP contribution in [0.2, 0.25) is 0 Å². The van der Waals surface area contributed by atoms with E-state index in [1.54, 1.807) is 4.31 Å². The van der Waals surface area contributed by atoms with Gasteiger partial charge in [-0.3, -0.25) is 0 Å². The lowest BCUT2D eigenvalue weighted by Gasteiger charge is -2.30. The first-order valence-electron chi connectivity index (χ1n) is 6.16. The number of hydrogen-bond donors (Lipinski definition) is 2. The molecule has 0 amide bonds. The molecular formula is C10H21N3O2S. The zero-order valence-corrected chi connectivity index (χ0v) is 10.4. The van der Waals surface area contributed by atoms with Crippen LogP contribution in [0.3, 0.4) is 0 Å². The Kier molecular flexibility index (Phi) is 4.18. The highest BCUT2D eigenvalue weighted by Crippen LogP contribution is 2.13. The average Bonchev–Trinajstić information content (AvgIpc) is 2.31. The first-order chi connectivity index (χ1) is 7.68. The third-order valence-corrected chi connectivity index (χ3v) is 4.99. The summed E-state index contributed by atoms with van der Waals surface area (Å²) in [6.07, 6.45) is 4.93. The van der Waals surface area contributed by atoms with Gasteiger partial charge in [0.25, 0.3) is 10.2 Å². The molecule has 94 valence electrons. The largest absolute Gasteiger partial charge is 0.317 e. The fraction of sp³-hybridized carbons (Fsp3) is 1.00. The van der Waals surface area contributed by atoms with Crippen molar-refractivity contribution < 1.29 is 8.42 Å². The molecule has 0 spiro atoms. The summed E-state index contributed by atoms with van der Waals surface area (Å²) in [5.74, 6) is 0. The molecule has 2 fully saturated rings. The molecule has 0 aromatic carbocycles. The minimum Gasteiger partial charge on any atom is -0.317 e. The van der Waals surface area contributed by atoms with E-state index in [-0.39, 0.29) is 6.04 Å². The lowest BCUT2D eigenvalue weighted by Crippen LogP contribution is -2.49. The maximum Gasteiger partial charge on any atom is 0.279 e. The van der Waals surface area contributed by atoms with Crippen LogP contribution in [0.25, 0.3) is 0 Å². The highest BCUT2D eigenvalue weighted by atomic mass is 32.2. The molecule has 0 radical (unpaired) electrons. The van der Waals surface area contributed by atoms with Crippen LogP contribution >= 0.6 is 0 Å². The second-order valence-corrected chi connectivity index (χ2v) is 6.31. The number of hydrogen-bond acceptors (Lipinski definition) is 3. The van der Waals surface area contributed by atoms with Gasteiger partial charge in [0, 0.05) is 19.1 Å². The van der Waals surface area contributed by atoms with Gasteiger partial charge in [-0.05, 0) is 38.8 Å². The molecule has 0 atom stereocenters. The van der Waals surface area contributed by atoms with Crippen LogP contribution in [0.5, 0.6) is 0 Å². The Balaban J connectivity index is 1.90. The van der Waals surface area contributed by atoms with Crippen molar-refractivity contribution in [2.75, 3.05) is 26.2 Å². The lowest BCUT2D eigenvalue weighted by atomic mass is 10.1. The van der Waals surface area contributed by atoms with Crippen LogP contribution < -0.4 is 10.0 Å².